The summed E-state index contributed by atoms with van der Waals surface area (Å²) in [6, 6.07) is 0. The predicted molar refractivity (Wildman–Crippen MR) is 117 cm³/mol. The summed E-state index contributed by atoms with van der Waals surface area (Å²) in [5.41, 5.74) is -0.952. The van der Waals surface area contributed by atoms with Gasteiger partial charge in [-0.15, -0.1) is 0 Å². The first-order chi connectivity index (χ1) is 13.1. The van der Waals surface area contributed by atoms with Gasteiger partial charge in [0, 0.05) is 6.42 Å². The average molecular weight is 398 g/mol. The highest BCUT2D eigenvalue weighted by molar-refractivity contribution is 5.77. The predicted octanol–water partition coefficient (Wildman–Crippen LogP) is 4.92. The van der Waals surface area contributed by atoms with Crippen LogP contribution in [-0.4, -0.2) is 33.9 Å². The minimum atomic E-state index is -0.952. The van der Waals surface area contributed by atoms with Crippen LogP contribution in [0.3, 0.4) is 0 Å². The molecular weight excluding hydrogens is 350 g/mol. The van der Waals surface area contributed by atoms with Crippen molar-refractivity contribution in [2.75, 3.05) is 0 Å². The molecule has 0 aliphatic heterocycles. The second-order valence-electron chi connectivity index (χ2n) is 10.3. The van der Waals surface area contributed by atoms with Crippen LogP contribution in [0.1, 0.15) is 99.8 Å². The molecule has 3 N–H and O–H groups in total. The molecule has 166 valence electrons. The second-order valence-corrected chi connectivity index (χ2v) is 10.3. The van der Waals surface area contributed by atoms with Crippen molar-refractivity contribution >= 4 is 5.91 Å². The van der Waals surface area contributed by atoms with E-state index in [0.29, 0.717) is 18.3 Å². The van der Waals surface area contributed by atoms with Crippen molar-refractivity contribution in [3.8, 4) is 0 Å². The molecule has 0 saturated heterocycles. The van der Waals surface area contributed by atoms with E-state index in [4.69, 9.17) is 0 Å². The number of aliphatic hydroxyl groups is 2. The summed E-state index contributed by atoms with van der Waals surface area (Å²) in [7, 11) is 0. The summed E-state index contributed by atoms with van der Waals surface area (Å²) in [5, 5.41) is 26.0. The summed E-state index contributed by atoms with van der Waals surface area (Å²) in [5.74, 6) is 1.34. The Labute approximate surface area is 173 Å². The number of hydrogen-bond acceptors (Lipinski definition) is 3. The van der Waals surface area contributed by atoms with Gasteiger partial charge < -0.3 is 15.5 Å². The molecule has 0 heterocycles. The fourth-order valence-electron chi connectivity index (χ4n) is 4.86. The molecule has 1 fully saturated rings. The minimum absolute atomic E-state index is 0.0357. The fourth-order valence-corrected chi connectivity index (χ4v) is 4.86. The highest BCUT2D eigenvalue weighted by Crippen LogP contribution is 2.45. The number of unbranched alkanes of at least 4 members (excludes halogenated alkanes) is 1. The molecule has 0 bridgehead atoms. The normalized spacial score (nSPS) is 31.0. The van der Waals surface area contributed by atoms with Crippen LogP contribution in [0, 0.1) is 29.6 Å². The van der Waals surface area contributed by atoms with Gasteiger partial charge >= 0.3 is 0 Å². The van der Waals surface area contributed by atoms with Gasteiger partial charge in [0.2, 0.25) is 5.91 Å². The van der Waals surface area contributed by atoms with Crippen molar-refractivity contribution in [3.63, 3.8) is 0 Å². The molecule has 0 spiro atoms. The lowest BCUT2D eigenvalue weighted by molar-refractivity contribution is -0.156. The van der Waals surface area contributed by atoms with Crippen LogP contribution >= 0.6 is 0 Å². The Morgan fingerprint density at radius 1 is 0.964 bits per heavy atom. The van der Waals surface area contributed by atoms with Gasteiger partial charge in [0.05, 0.1) is 17.7 Å². The molecule has 4 nitrogen and oxygen atoms in total. The maximum Gasteiger partial charge on any atom is 0.220 e. The van der Waals surface area contributed by atoms with Crippen LogP contribution in [0.15, 0.2) is 0 Å². The zero-order valence-electron chi connectivity index (χ0n) is 19.5. The molecule has 0 radical (unpaired) electrons. The first-order valence-corrected chi connectivity index (χ1v) is 11.7. The number of carbonyl (C=O) groups excluding carboxylic acids is 1. The van der Waals surface area contributed by atoms with Crippen molar-refractivity contribution < 1.29 is 15.0 Å². The maximum atomic E-state index is 12.7. The lowest BCUT2D eigenvalue weighted by Crippen LogP contribution is -2.72. The van der Waals surface area contributed by atoms with Crippen LogP contribution < -0.4 is 5.32 Å². The van der Waals surface area contributed by atoms with Crippen molar-refractivity contribution in [3.05, 3.63) is 0 Å². The Morgan fingerprint density at radius 3 is 1.79 bits per heavy atom. The third-order valence-electron chi connectivity index (χ3n) is 6.78. The van der Waals surface area contributed by atoms with Crippen LogP contribution in [0.4, 0.5) is 0 Å². The molecule has 0 aromatic rings. The SMILES string of the molecule is CCCCC(=O)NC1(C(C)C)C(O)C(CCC(C)C)CC(CCC(C)C)C1O. The molecule has 4 heteroatoms. The molecule has 4 unspecified atom stereocenters. The number of aliphatic hydroxyl groups excluding tert-OH is 2. The molecule has 28 heavy (non-hydrogen) atoms. The van der Waals surface area contributed by atoms with E-state index in [0.717, 1.165) is 44.9 Å². The zero-order valence-corrected chi connectivity index (χ0v) is 19.5. The van der Waals surface area contributed by atoms with Crippen molar-refractivity contribution in [2.45, 2.75) is 118 Å². The third kappa shape index (κ3) is 6.45. The van der Waals surface area contributed by atoms with E-state index < -0.39 is 17.7 Å². The molecule has 4 atom stereocenters. The van der Waals surface area contributed by atoms with Crippen LogP contribution in [-0.2, 0) is 4.79 Å². The van der Waals surface area contributed by atoms with Crippen molar-refractivity contribution in [1.82, 2.24) is 5.32 Å². The van der Waals surface area contributed by atoms with Crippen LogP contribution in [0.5, 0.6) is 0 Å². The maximum absolute atomic E-state index is 12.7. The average Bonchev–Trinajstić information content (AvgIpc) is 2.61. The van der Waals surface area contributed by atoms with Gasteiger partial charge in [-0.25, -0.2) is 0 Å². The van der Waals surface area contributed by atoms with Gasteiger partial charge in [-0.3, -0.25) is 4.79 Å². The summed E-state index contributed by atoms with van der Waals surface area (Å²) < 4.78 is 0. The van der Waals surface area contributed by atoms with E-state index in [9.17, 15) is 15.0 Å². The molecule has 1 saturated carbocycles. The first kappa shape index (κ1) is 25.4. The third-order valence-corrected chi connectivity index (χ3v) is 6.78. The number of carbonyl (C=O) groups is 1. The van der Waals surface area contributed by atoms with Gasteiger partial charge in [-0.2, -0.15) is 0 Å². The summed E-state index contributed by atoms with van der Waals surface area (Å²) in [4.78, 5) is 12.7. The first-order valence-electron chi connectivity index (χ1n) is 11.7. The monoisotopic (exact) mass is 397 g/mol. The Bertz CT molecular complexity index is 437. The summed E-state index contributed by atoms with van der Waals surface area (Å²) in [6.45, 7) is 15.0. The molecule has 0 aromatic heterocycles. The van der Waals surface area contributed by atoms with E-state index in [1.54, 1.807) is 0 Å². The van der Waals surface area contributed by atoms with E-state index >= 15 is 0 Å². The topological polar surface area (TPSA) is 69.6 Å². The van der Waals surface area contributed by atoms with Crippen molar-refractivity contribution in [1.29, 1.82) is 0 Å². The molecule has 1 aliphatic rings. The smallest absolute Gasteiger partial charge is 0.220 e. The second kappa shape index (κ2) is 11.5. The number of hydrogen-bond donors (Lipinski definition) is 3. The highest BCUT2D eigenvalue weighted by atomic mass is 16.3. The zero-order chi connectivity index (χ0) is 21.5. The van der Waals surface area contributed by atoms with Crippen LogP contribution in [0.25, 0.3) is 0 Å². The summed E-state index contributed by atoms with van der Waals surface area (Å²) in [6.07, 6.45) is 5.70. The van der Waals surface area contributed by atoms with Gasteiger partial charge in [0.25, 0.3) is 0 Å². The molecule has 0 aromatic carbocycles. The Balaban J connectivity index is 3.17. The van der Waals surface area contributed by atoms with E-state index in [-0.39, 0.29) is 23.7 Å². The summed E-state index contributed by atoms with van der Waals surface area (Å²) >= 11 is 0. The van der Waals surface area contributed by atoms with Gasteiger partial charge in [0.15, 0.2) is 0 Å². The number of nitrogens with one attached hydrogen (secondary N) is 1. The molecule has 1 rings (SSSR count). The molecule has 1 amide bonds. The van der Waals surface area contributed by atoms with E-state index in [1.165, 1.54) is 0 Å². The van der Waals surface area contributed by atoms with Gasteiger partial charge in [0.1, 0.15) is 0 Å². The number of amides is 1. The highest BCUT2D eigenvalue weighted by Gasteiger charge is 2.56. The van der Waals surface area contributed by atoms with E-state index in [2.05, 4.69) is 39.9 Å². The quantitative estimate of drug-likeness (QED) is 0.463. The number of rotatable bonds is 11. The Kier molecular flexibility index (Phi) is 10.5. The van der Waals surface area contributed by atoms with Crippen LogP contribution in [0.2, 0.25) is 0 Å². The Morgan fingerprint density at radius 2 is 1.43 bits per heavy atom. The lowest BCUT2D eigenvalue weighted by Gasteiger charge is -2.55. The minimum Gasteiger partial charge on any atom is -0.390 e. The standard InChI is InChI=1S/C24H47NO3/c1-8-9-10-21(26)25-24(18(6)7)22(27)19(13-11-16(2)3)15-20(23(24)28)14-12-17(4)5/h16-20,22-23,27-28H,8-15H2,1-7H3,(H,25,26). The van der Waals surface area contributed by atoms with Crippen molar-refractivity contribution in [2.24, 2.45) is 29.6 Å². The molecular formula is C24H47NO3. The lowest BCUT2D eigenvalue weighted by atomic mass is 9.60. The molecule has 1 aliphatic carbocycles. The van der Waals surface area contributed by atoms with Gasteiger partial charge in [-0.05, 0) is 55.3 Å². The van der Waals surface area contributed by atoms with E-state index in [1.807, 2.05) is 13.8 Å². The van der Waals surface area contributed by atoms with Gasteiger partial charge in [-0.1, -0.05) is 67.7 Å². The Hall–Kier alpha value is -0.610. The largest absolute Gasteiger partial charge is 0.390 e. The fraction of sp³-hybridized carbons (Fsp3) is 0.958.